The Morgan fingerprint density at radius 1 is 1.11 bits per heavy atom. The van der Waals surface area contributed by atoms with E-state index in [4.69, 9.17) is 9.53 Å². The van der Waals surface area contributed by atoms with Crippen LogP contribution in [0.25, 0.3) is 5.65 Å². The maximum Gasteiger partial charge on any atom is 0.371 e. The fourth-order valence-electron chi connectivity index (χ4n) is 2.59. The van der Waals surface area contributed by atoms with Crippen molar-refractivity contribution in [3.63, 3.8) is 0 Å². The number of nitrogens with one attached hydrogen (secondary N) is 1. The smallest absolute Gasteiger partial charge is 0.371 e. The van der Waals surface area contributed by atoms with E-state index in [9.17, 15) is 14.7 Å². The number of aromatic nitrogens is 3. The van der Waals surface area contributed by atoms with Crippen LogP contribution >= 0.6 is 31.9 Å². The predicted octanol–water partition coefficient (Wildman–Crippen LogP) is 6.15. The van der Waals surface area contributed by atoms with E-state index in [2.05, 4.69) is 67.9 Å². The average molecular weight is 642 g/mol. The number of carboxylic acids is 1. The van der Waals surface area contributed by atoms with Crippen LogP contribution in [0.1, 0.15) is 34.1 Å². The molecule has 0 atom stereocenters. The fraction of sp³-hybridized carbons (Fsp3) is 0.333. The minimum Gasteiger partial charge on any atom is -0.537 e. The second-order valence-corrected chi connectivity index (χ2v) is 15.9. The maximum atomic E-state index is 11.7. The zero-order valence-electron chi connectivity index (χ0n) is 21.0. The number of aliphatic carboxylic acids is 1. The molecule has 0 saturated heterocycles. The summed E-state index contributed by atoms with van der Waals surface area (Å²) in [5.41, 5.74) is 0.564. The molecule has 0 saturated carbocycles. The van der Waals surface area contributed by atoms with Crippen LogP contribution in [0.5, 0.6) is 5.75 Å². The number of anilines is 1. The number of allylic oxidation sites excluding steroid dienone is 1. The van der Waals surface area contributed by atoms with Crippen LogP contribution < -0.4 is 10.9 Å². The van der Waals surface area contributed by atoms with E-state index in [0.717, 1.165) is 15.1 Å². The molecule has 0 unspecified atom stereocenters. The molecule has 3 heterocycles. The molecule has 0 aliphatic heterocycles. The standard InChI is InChI=1S/C16H25BrN2O3Si.C8H5BrN2O2/c1-7-12(19-13-9-8-11(17)10-18-13)14(15(20)21)22-23(5,6)16(2,3)4;9-5-1-2-7-10-3-6(12)8(13)11(7)4-5/h8-10H,7H2,1-6H3,(H,18,19)(H,20,21);1-4,12H/b14-12-;. The quantitative estimate of drug-likeness (QED) is 0.166. The fourth-order valence-corrected chi connectivity index (χ4v) is 4.19. The van der Waals surface area contributed by atoms with Gasteiger partial charge in [0.1, 0.15) is 11.5 Å². The summed E-state index contributed by atoms with van der Waals surface area (Å²) in [5, 5.41) is 21.7. The molecule has 12 heteroatoms. The normalized spacial score (nSPS) is 12.3. The Morgan fingerprint density at radius 3 is 2.28 bits per heavy atom. The molecule has 0 spiro atoms. The number of pyridine rings is 2. The molecule has 0 bridgehead atoms. The average Bonchev–Trinajstić information content (AvgIpc) is 2.80. The van der Waals surface area contributed by atoms with Gasteiger partial charge in [-0.25, -0.2) is 14.8 Å². The third-order valence-corrected chi connectivity index (χ3v) is 10.9. The molecule has 3 rings (SSSR count). The van der Waals surface area contributed by atoms with Gasteiger partial charge in [0, 0.05) is 21.3 Å². The van der Waals surface area contributed by atoms with E-state index in [0.29, 0.717) is 23.6 Å². The highest BCUT2D eigenvalue weighted by Gasteiger charge is 2.41. The van der Waals surface area contributed by atoms with Crippen LogP contribution in [-0.4, -0.2) is 38.9 Å². The molecule has 3 aromatic heterocycles. The third kappa shape index (κ3) is 7.65. The van der Waals surface area contributed by atoms with Gasteiger partial charge in [0.15, 0.2) is 0 Å². The summed E-state index contributed by atoms with van der Waals surface area (Å²) in [6, 6.07) is 7.09. The Labute approximate surface area is 227 Å². The molecular weight excluding hydrogens is 612 g/mol. The third-order valence-electron chi connectivity index (χ3n) is 5.64. The van der Waals surface area contributed by atoms with Crippen LogP contribution in [0.2, 0.25) is 18.1 Å². The molecule has 194 valence electrons. The van der Waals surface area contributed by atoms with Crippen molar-refractivity contribution in [2.75, 3.05) is 5.32 Å². The molecule has 0 aliphatic carbocycles. The Morgan fingerprint density at radius 2 is 1.75 bits per heavy atom. The van der Waals surface area contributed by atoms with Crippen molar-refractivity contribution in [3.05, 3.63) is 73.6 Å². The second-order valence-electron chi connectivity index (χ2n) is 9.34. The highest BCUT2D eigenvalue weighted by Crippen LogP contribution is 2.38. The van der Waals surface area contributed by atoms with Gasteiger partial charge in [-0.1, -0.05) is 27.7 Å². The van der Waals surface area contributed by atoms with Crippen molar-refractivity contribution in [2.24, 2.45) is 0 Å². The molecule has 36 heavy (non-hydrogen) atoms. The van der Waals surface area contributed by atoms with Crippen LogP contribution in [0.15, 0.2) is 68.1 Å². The lowest BCUT2D eigenvalue weighted by Gasteiger charge is -2.37. The number of carboxylic acid groups (broad SMARTS) is 1. The van der Waals surface area contributed by atoms with Gasteiger partial charge in [-0.15, -0.1) is 0 Å². The number of fused-ring (bicyclic) bond motifs is 1. The Balaban J connectivity index is 0.000000293. The number of hydrogen-bond donors (Lipinski definition) is 3. The summed E-state index contributed by atoms with van der Waals surface area (Å²) in [7, 11) is -2.24. The van der Waals surface area contributed by atoms with E-state index >= 15 is 0 Å². The minimum atomic E-state index is -2.24. The minimum absolute atomic E-state index is 0.0104. The highest BCUT2D eigenvalue weighted by atomic mass is 79.9. The highest BCUT2D eigenvalue weighted by molar-refractivity contribution is 9.10. The van der Waals surface area contributed by atoms with Gasteiger partial charge in [0.25, 0.3) is 13.9 Å². The van der Waals surface area contributed by atoms with E-state index < -0.39 is 19.8 Å². The number of rotatable bonds is 6. The Bertz CT molecular complexity index is 1310. The van der Waals surface area contributed by atoms with Crippen LogP contribution in [0.4, 0.5) is 5.82 Å². The number of nitrogens with zero attached hydrogens (tertiary/aromatic N) is 3. The van der Waals surface area contributed by atoms with Gasteiger partial charge in [-0.2, -0.15) is 0 Å². The van der Waals surface area contributed by atoms with Crippen molar-refractivity contribution >= 4 is 57.6 Å². The number of halogens is 2. The number of aromatic hydroxyl groups is 1. The first-order valence-electron chi connectivity index (χ1n) is 11.1. The number of hydrogen-bond acceptors (Lipinski definition) is 7. The largest absolute Gasteiger partial charge is 0.537 e. The lowest BCUT2D eigenvalue weighted by Crippen LogP contribution is -2.42. The Hall–Kier alpha value is -2.70. The van der Waals surface area contributed by atoms with E-state index in [1.54, 1.807) is 30.6 Å². The zero-order valence-corrected chi connectivity index (χ0v) is 25.1. The van der Waals surface area contributed by atoms with E-state index in [1.165, 1.54) is 4.40 Å². The SMILES string of the molecule is CC/C(Nc1ccc(Br)cn1)=C(/O[Si](C)(C)C(C)(C)C)C(=O)O.O=c1c(O)cnc2ccc(Br)cn12. The van der Waals surface area contributed by atoms with Crippen LogP contribution in [0, 0.1) is 0 Å². The van der Waals surface area contributed by atoms with Gasteiger partial charge < -0.3 is 20.0 Å². The topological polar surface area (TPSA) is 126 Å². The summed E-state index contributed by atoms with van der Waals surface area (Å²) in [6.07, 6.45) is 4.87. The van der Waals surface area contributed by atoms with Crippen LogP contribution in [-0.2, 0) is 9.22 Å². The summed E-state index contributed by atoms with van der Waals surface area (Å²) in [4.78, 5) is 31.2. The summed E-state index contributed by atoms with van der Waals surface area (Å²) in [5.74, 6) is -0.835. The molecular formula is C24H30Br2N4O5Si. The molecule has 0 radical (unpaired) electrons. The Kier molecular flexibility index (Phi) is 9.86. The summed E-state index contributed by atoms with van der Waals surface area (Å²) in [6.45, 7) is 12.2. The van der Waals surface area contributed by atoms with Gasteiger partial charge in [-0.05, 0) is 80.7 Å². The molecule has 0 aliphatic rings. The van der Waals surface area contributed by atoms with Gasteiger partial charge in [-0.3, -0.25) is 9.20 Å². The lowest BCUT2D eigenvalue weighted by molar-refractivity contribution is -0.135. The van der Waals surface area contributed by atoms with Crippen molar-refractivity contribution in [1.82, 2.24) is 14.4 Å². The maximum absolute atomic E-state index is 11.7. The predicted molar refractivity (Wildman–Crippen MR) is 150 cm³/mol. The lowest BCUT2D eigenvalue weighted by atomic mass is 10.2. The summed E-state index contributed by atoms with van der Waals surface area (Å²) >= 11 is 6.55. The van der Waals surface area contributed by atoms with Gasteiger partial charge in [0.05, 0.1) is 11.9 Å². The van der Waals surface area contributed by atoms with Crippen molar-refractivity contribution in [3.8, 4) is 5.75 Å². The second kappa shape index (κ2) is 12.0. The molecule has 3 aromatic rings. The number of carbonyl (C=O) groups is 1. The van der Waals surface area contributed by atoms with E-state index in [1.807, 2.05) is 26.1 Å². The van der Waals surface area contributed by atoms with Crippen LogP contribution in [0.3, 0.4) is 0 Å². The van der Waals surface area contributed by atoms with Crippen molar-refractivity contribution < 1.29 is 19.4 Å². The molecule has 0 amide bonds. The molecule has 9 nitrogen and oxygen atoms in total. The summed E-state index contributed by atoms with van der Waals surface area (Å²) < 4.78 is 8.93. The van der Waals surface area contributed by atoms with Crippen molar-refractivity contribution in [2.45, 2.75) is 52.2 Å². The van der Waals surface area contributed by atoms with Gasteiger partial charge >= 0.3 is 5.97 Å². The van der Waals surface area contributed by atoms with E-state index in [-0.39, 0.29) is 16.5 Å². The monoisotopic (exact) mass is 640 g/mol. The first-order chi connectivity index (χ1) is 16.7. The molecule has 3 N–H and O–H groups in total. The van der Waals surface area contributed by atoms with Crippen molar-refractivity contribution in [1.29, 1.82) is 0 Å². The first kappa shape index (κ1) is 29.5. The zero-order chi connectivity index (χ0) is 27.3. The molecule has 0 fully saturated rings. The van der Waals surface area contributed by atoms with Gasteiger partial charge in [0.2, 0.25) is 11.5 Å². The molecule has 0 aromatic carbocycles. The first-order valence-corrected chi connectivity index (χ1v) is 15.6.